The van der Waals surface area contributed by atoms with Crippen LogP contribution >= 0.6 is 0 Å². The molecule has 11 nitrogen and oxygen atoms in total. The van der Waals surface area contributed by atoms with Gasteiger partial charge in [-0.05, 0) is 66.2 Å². The van der Waals surface area contributed by atoms with E-state index in [1.54, 1.807) is 11.9 Å². The second-order valence-corrected chi connectivity index (χ2v) is 12.0. The summed E-state index contributed by atoms with van der Waals surface area (Å²) < 4.78 is 7.69. The Morgan fingerprint density at radius 2 is 1.93 bits per heavy atom. The molecule has 0 radical (unpaired) electrons. The van der Waals surface area contributed by atoms with Crippen molar-refractivity contribution in [2.45, 2.75) is 85.2 Å². The van der Waals surface area contributed by atoms with Gasteiger partial charge in [0.2, 0.25) is 0 Å². The molecule has 212 valence electrons. The number of anilines is 2. The first-order valence-electron chi connectivity index (χ1n) is 13.8. The van der Waals surface area contributed by atoms with Crippen LogP contribution in [0.15, 0.2) is 24.3 Å². The highest BCUT2D eigenvalue weighted by Gasteiger charge is 2.35. The van der Waals surface area contributed by atoms with E-state index in [1.165, 1.54) is 4.90 Å². The van der Waals surface area contributed by atoms with E-state index in [9.17, 15) is 9.59 Å². The Hall–Kier alpha value is -4.02. The molecule has 0 saturated carbocycles. The van der Waals surface area contributed by atoms with Crippen molar-refractivity contribution >= 4 is 23.6 Å². The fraction of sp³-hybridized carbons (Fsp3) is 0.517. The van der Waals surface area contributed by atoms with Crippen LogP contribution in [-0.2, 0) is 24.2 Å². The molecule has 2 amide bonds. The van der Waals surface area contributed by atoms with E-state index in [0.29, 0.717) is 47.0 Å². The third kappa shape index (κ3) is 5.12. The molecule has 0 aromatic carbocycles. The maximum Gasteiger partial charge on any atom is 0.410 e. The lowest BCUT2D eigenvalue weighted by Crippen LogP contribution is -2.34. The number of hydrogen-bond donors (Lipinski definition) is 0. The summed E-state index contributed by atoms with van der Waals surface area (Å²) in [5.74, 6) is 2.74. The number of carbonyl (C=O) groups excluding carboxylic acids is 2. The first-order chi connectivity index (χ1) is 18.8. The maximum absolute atomic E-state index is 13.8. The van der Waals surface area contributed by atoms with Gasteiger partial charge in [0.15, 0.2) is 5.82 Å². The van der Waals surface area contributed by atoms with Crippen LogP contribution in [0.3, 0.4) is 0 Å². The highest BCUT2D eigenvalue weighted by atomic mass is 16.6. The van der Waals surface area contributed by atoms with E-state index in [0.717, 1.165) is 24.2 Å². The Kier molecular flexibility index (Phi) is 7.01. The van der Waals surface area contributed by atoms with Crippen LogP contribution in [0.4, 0.5) is 16.4 Å². The molecule has 1 atom stereocenters. The minimum Gasteiger partial charge on any atom is -0.444 e. The number of aryl methyl sites for hydroxylation is 1. The van der Waals surface area contributed by atoms with E-state index in [4.69, 9.17) is 14.7 Å². The van der Waals surface area contributed by atoms with Crippen molar-refractivity contribution < 1.29 is 14.3 Å². The van der Waals surface area contributed by atoms with Crippen molar-refractivity contribution in [3.05, 3.63) is 46.9 Å². The van der Waals surface area contributed by atoms with Crippen LogP contribution in [0.5, 0.6) is 0 Å². The zero-order valence-corrected chi connectivity index (χ0v) is 24.6. The third-order valence-corrected chi connectivity index (χ3v) is 7.45. The van der Waals surface area contributed by atoms with Gasteiger partial charge in [0, 0.05) is 38.2 Å². The Labute approximate surface area is 235 Å². The topological polar surface area (TPSA) is 110 Å². The summed E-state index contributed by atoms with van der Waals surface area (Å²) in [5.41, 5.74) is 2.06. The van der Waals surface area contributed by atoms with E-state index >= 15 is 0 Å². The molecule has 5 rings (SSSR count). The molecule has 0 saturated heterocycles. The molecule has 2 aliphatic heterocycles. The third-order valence-electron chi connectivity index (χ3n) is 7.45. The minimum atomic E-state index is -0.619. The average Bonchev–Trinajstić information content (AvgIpc) is 3.57. The van der Waals surface area contributed by atoms with Crippen LogP contribution in [0.2, 0.25) is 0 Å². The predicted molar refractivity (Wildman–Crippen MR) is 152 cm³/mol. The van der Waals surface area contributed by atoms with Crippen molar-refractivity contribution in [2.75, 3.05) is 23.9 Å². The monoisotopic (exact) mass is 546 g/mol. The van der Waals surface area contributed by atoms with Crippen molar-refractivity contribution in [1.29, 1.82) is 0 Å². The number of nitrogens with zero attached hydrogens (tertiary/aromatic N) is 8. The van der Waals surface area contributed by atoms with Crippen molar-refractivity contribution in [1.82, 2.24) is 29.6 Å². The molecular formula is C29H38N8O3. The number of carbonyl (C=O) groups is 2. The molecule has 40 heavy (non-hydrogen) atoms. The van der Waals surface area contributed by atoms with Gasteiger partial charge in [-0.25, -0.2) is 14.8 Å². The number of hydrogen-bond acceptors (Lipinski definition) is 8. The van der Waals surface area contributed by atoms with Gasteiger partial charge in [-0.1, -0.05) is 6.07 Å². The van der Waals surface area contributed by atoms with Gasteiger partial charge >= 0.3 is 6.09 Å². The molecule has 3 aromatic rings. The van der Waals surface area contributed by atoms with Crippen LogP contribution < -0.4 is 9.80 Å². The number of ether oxygens (including phenoxy) is 1. The number of rotatable bonds is 6. The summed E-state index contributed by atoms with van der Waals surface area (Å²) in [5, 5.41) is 8.75. The smallest absolute Gasteiger partial charge is 0.410 e. The van der Waals surface area contributed by atoms with Gasteiger partial charge in [-0.15, -0.1) is 10.2 Å². The predicted octanol–water partition coefficient (Wildman–Crippen LogP) is 4.61. The standard InChI is InChI=1S/C29H38N8O3/c1-17(2)35(8)25-14-19-20(22(31-25)16-34(7)28(39)40-29(4,5)6)15-36(27(19)38)23-11-9-10-21(30-23)26-33-32-24-13-12-18(3)37(24)26/h9-11,14,17-18H,12-13,15-16H2,1-8H3. The second kappa shape index (κ2) is 10.2. The van der Waals surface area contributed by atoms with E-state index < -0.39 is 11.7 Å². The quantitative estimate of drug-likeness (QED) is 0.441. The Bertz CT molecular complexity index is 1460. The molecule has 11 heteroatoms. The number of aromatic nitrogens is 5. The highest BCUT2D eigenvalue weighted by Crippen LogP contribution is 2.34. The lowest BCUT2D eigenvalue weighted by Gasteiger charge is -2.26. The Morgan fingerprint density at radius 3 is 2.62 bits per heavy atom. The molecule has 1 unspecified atom stereocenters. The summed E-state index contributed by atoms with van der Waals surface area (Å²) in [4.78, 5) is 41.5. The average molecular weight is 547 g/mol. The first-order valence-corrected chi connectivity index (χ1v) is 13.8. The normalized spacial score (nSPS) is 16.4. The van der Waals surface area contributed by atoms with Crippen LogP contribution in [-0.4, -0.2) is 67.4 Å². The first kappa shape index (κ1) is 27.5. The van der Waals surface area contributed by atoms with Gasteiger partial charge in [-0.2, -0.15) is 0 Å². The Morgan fingerprint density at radius 1 is 1.18 bits per heavy atom. The highest BCUT2D eigenvalue weighted by molar-refractivity contribution is 6.10. The van der Waals surface area contributed by atoms with E-state index in [1.807, 2.05) is 57.0 Å². The van der Waals surface area contributed by atoms with Gasteiger partial charge < -0.3 is 19.1 Å². The van der Waals surface area contributed by atoms with Crippen LogP contribution in [0.25, 0.3) is 11.5 Å². The molecule has 0 N–H and O–H groups in total. The second-order valence-electron chi connectivity index (χ2n) is 12.0. The van der Waals surface area contributed by atoms with Gasteiger partial charge in [-0.3, -0.25) is 9.69 Å². The molecule has 0 fully saturated rings. The number of fused-ring (bicyclic) bond motifs is 2. The van der Waals surface area contributed by atoms with Crippen molar-refractivity contribution in [2.24, 2.45) is 0 Å². The summed E-state index contributed by atoms with van der Waals surface area (Å²) in [7, 11) is 3.62. The largest absolute Gasteiger partial charge is 0.444 e. The van der Waals surface area contributed by atoms with Crippen LogP contribution in [0, 0.1) is 0 Å². The number of pyridine rings is 2. The fourth-order valence-electron chi connectivity index (χ4n) is 5.04. The van der Waals surface area contributed by atoms with E-state index in [-0.39, 0.29) is 18.5 Å². The van der Waals surface area contributed by atoms with Crippen molar-refractivity contribution in [3.8, 4) is 11.5 Å². The SMILES string of the molecule is CC(C)N(C)c1cc2c(c(CN(C)C(=O)OC(C)(C)C)n1)CN(c1cccc(-c3nnc4n3C(C)CC4)n1)C2=O. The Balaban J connectivity index is 1.49. The lowest BCUT2D eigenvalue weighted by molar-refractivity contribution is 0.0282. The van der Waals surface area contributed by atoms with Gasteiger partial charge in [0.25, 0.3) is 5.91 Å². The molecular weight excluding hydrogens is 508 g/mol. The zero-order chi connectivity index (χ0) is 28.9. The van der Waals surface area contributed by atoms with Gasteiger partial charge in [0.05, 0.1) is 24.3 Å². The van der Waals surface area contributed by atoms with Crippen LogP contribution in [0.1, 0.15) is 81.4 Å². The summed E-state index contributed by atoms with van der Waals surface area (Å²) in [6, 6.07) is 7.93. The zero-order valence-electron chi connectivity index (χ0n) is 24.6. The molecule has 5 heterocycles. The van der Waals surface area contributed by atoms with Gasteiger partial charge in [0.1, 0.15) is 28.8 Å². The number of amides is 2. The summed E-state index contributed by atoms with van der Waals surface area (Å²) >= 11 is 0. The fourth-order valence-corrected chi connectivity index (χ4v) is 5.04. The van der Waals surface area contributed by atoms with Crippen molar-refractivity contribution in [3.63, 3.8) is 0 Å². The molecule has 2 aliphatic rings. The molecule has 3 aromatic heterocycles. The summed E-state index contributed by atoms with van der Waals surface area (Å²) in [6.45, 7) is 12.3. The molecule has 0 bridgehead atoms. The molecule has 0 spiro atoms. The van der Waals surface area contributed by atoms with E-state index in [2.05, 4.69) is 35.5 Å². The molecule has 0 aliphatic carbocycles. The lowest BCUT2D eigenvalue weighted by atomic mass is 10.1. The maximum atomic E-state index is 13.8. The summed E-state index contributed by atoms with van der Waals surface area (Å²) in [6.07, 6.45) is 1.48. The minimum absolute atomic E-state index is 0.151.